The lowest BCUT2D eigenvalue weighted by molar-refractivity contribution is -0.385. The van der Waals surface area contributed by atoms with Gasteiger partial charge < -0.3 is 10.1 Å². The molecule has 0 saturated carbocycles. The van der Waals surface area contributed by atoms with Crippen LogP contribution in [0.25, 0.3) is 0 Å². The summed E-state index contributed by atoms with van der Waals surface area (Å²) in [7, 11) is 0. The van der Waals surface area contributed by atoms with Crippen molar-refractivity contribution in [3.63, 3.8) is 0 Å². The molecule has 3 rings (SSSR count). The van der Waals surface area contributed by atoms with Crippen molar-refractivity contribution in [3.05, 3.63) is 80.5 Å². The third-order valence-electron chi connectivity index (χ3n) is 3.58. The van der Waals surface area contributed by atoms with E-state index in [1.165, 1.54) is 48.5 Å². The van der Waals surface area contributed by atoms with Crippen LogP contribution in [0.3, 0.4) is 0 Å². The molecule has 152 valence electrons. The summed E-state index contributed by atoms with van der Waals surface area (Å²) in [6, 6.07) is 11.7. The highest BCUT2D eigenvalue weighted by Crippen LogP contribution is 2.31. The van der Waals surface area contributed by atoms with Crippen LogP contribution in [-0.4, -0.2) is 27.1 Å². The highest BCUT2D eigenvalue weighted by atomic mass is 35.5. The summed E-state index contributed by atoms with van der Waals surface area (Å²) in [6.07, 6.45) is 0. The Hall–Kier alpha value is -3.76. The van der Waals surface area contributed by atoms with Crippen molar-refractivity contribution >= 4 is 46.5 Å². The van der Waals surface area contributed by atoms with E-state index >= 15 is 0 Å². The number of hydrogen-bond acceptors (Lipinski definition) is 7. The van der Waals surface area contributed by atoms with Crippen LogP contribution in [0.2, 0.25) is 10.2 Å². The molecule has 0 atom stereocenters. The summed E-state index contributed by atoms with van der Waals surface area (Å²) in [5.41, 5.74) is -0.413. The molecule has 3 amide bonds. The van der Waals surface area contributed by atoms with Crippen molar-refractivity contribution in [2.24, 2.45) is 0 Å². The van der Waals surface area contributed by atoms with Crippen molar-refractivity contribution in [1.29, 1.82) is 0 Å². The van der Waals surface area contributed by atoms with E-state index in [-0.39, 0.29) is 33.1 Å². The van der Waals surface area contributed by atoms with Gasteiger partial charge in [0.1, 0.15) is 11.3 Å². The number of nitro groups is 1. The van der Waals surface area contributed by atoms with Crippen LogP contribution in [0, 0.1) is 10.1 Å². The average Bonchev–Trinajstić information content (AvgIpc) is 2.71. The second-order valence-electron chi connectivity index (χ2n) is 5.62. The zero-order chi connectivity index (χ0) is 21.7. The number of anilines is 1. The molecule has 30 heavy (non-hydrogen) atoms. The molecule has 1 aromatic heterocycles. The molecule has 0 radical (unpaired) electrons. The first-order chi connectivity index (χ1) is 14.3. The van der Waals surface area contributed by atoms with Crippen LogP contribution in [0.1, 0.15) is 10.4 Å². The highest BCUT2D eigenvalue weighted by Gasteiger charge is 2.21. The SMILES string of the molecule is O=C(NC(=O)c1ccccc1[N+](=O)[O-])Nc1ccc(Oc2ccc(Cl)nn2)c(Cl)c1. The Balaban J connectivity index is 1.65. The number of ether oxygens (including phenoxy) is 1. The van der Waals surface area contributed by atoms with Crippen molar-refractivity contribution in [3.8, 4) is 11.6 Å². The van der Waals surface area contributed by atoms with E-state index < -0.39 is 22.5 Å². The average molecular weight is 448 g/mol. The molecule has 2 N–H and O–H groups in total. The first-order valence-corrected chi connectivity index (χ1v) is 8.91. The summed E-state index contributed by atoms with van der Waals surface area (Å²) in [5, 5.41) is 23.2. The van der Waals surface area contributed by atoms with Crippen LogP contribution in [-0.2, 0) is 0 Å². The molecule has 0 aliphatic heterocycles. The predicted octanol–water partition coefficient (Wildman–Crippen LogP) is 4.45. The van der Waals surface area contributed by atoms with E-state index in [0.29, 0.717) is 0 Å². The number of carbonyl (C=O) groups excluding carboxylic acids is 2. The van der Waals surface area contributed by atoms with E-state index in [4.69, 9.17) is 27.9 Å². The fourth-order valence-corrected chi connectivity index (χ4v) is 2.61. The number of aromatic nitrogens is 2. The van der Waals surface area contributed by atoms with E-state index in [0.717, 1.165) is 6.07 Å². The summed E-state index contributed by atoms with van der Waals surface area (Å²) in [4.78, 5) is 34.5. The maximum Gasteiger partial charge on any atom is 0.326 e. The van der Waals surface area contributed by atoms with Gasteiger partial charge in [-0.25, -0.2) is 4.79 Å². The smallest absolute Gasteiger partial charge is 0.326 e. The van der Waals surface area contributed by atoms with Gasteiger partial charge in [0.2, 0.25) is 5.88 Å². The number of nitro benzene ring substituents is 1. The Bertz CT molecular complexity index is 1120. The van der Waals surface area contributed by atoms with Crippen LogP contribution < -0.4 is 15.4 Å². The number of para-hydroxylation sites is 1. The number of benzene rings is 2. The molecular formula is C18H11Cl2N5O5. The second-order valence-corrected chi connectivity index (χ2v) is 6.42. The van der Waals surface area contributed by atoms with Crippen molar-refractivity contribution in [2.45, 2.75) is 0 Å². The molecule has 3 aromatic rings. The predicted molar refractivity (Wildman–Crippen MR) is 108 cm³/mol. The minimum atomic E-state index is -0.924. The van der Waals surface area contributed by atoms with Gasteiger partial charge >= 0.3 is 6.03 Å². The Morgan fingerprint density at radius 1 is 1.03 bits per heavy atom. The van der Waals surface area contributed by atoms with Gasteiger partial charge in [-0.3, -0.25) is 20.2 Å². The summed E-state index contributed by atoms with van der Waals surface area (Å²) >= 11 is 11.8. The van der Waals surface area contributed by atoms with Gasteiger partial charge in [-0.15, -0.1) is 10.2 Å². The quantitative estimate of drug-likeness (QED) is 0.435. The van der Waals surface area contributed by atoms with E-state index in [1.807, 2.05) is 5.32 Å². The third-order valence-corrected chi connectivity index (χ3v) is 4.08. The zero-order valence-electron chi connectivity index (χ0n) is 14.8. The topological polar surface area (TPSA) is 136 Å². The fourth-order valence-electron chi connectivity index (χ4n) is 2.29. The maximum atomic E-state index is 12.2. The number of rotatable bonds is 5. The van der Waals surface area contributed by atoms with Crippen LogP contribution in [0.4, 0.5) is 16.2 Å². The number of carbonyl (C=O) groups is 2. The molecule has 0 aliphatic rings. The van der Waals surface area contributed by atoms with Crippen LogP contribution >= 0.6 is 23.2 Å². The number of halogens is 2. The summed E-state index contributed by atoms with van der Waals surface area (Å²) < 4.78 is 5.47. The molecule has 0 fully saturated rings. The number of nitrogens with one attached hydrogen (secondary N) is 2. The van der Waals surface area contributed by atoms with Gasteiger partial charge in [-0.05, 0) is 30.3 Å². The van der Waals surface area contributed by atoms with Gasteiger partial charge in [0.15, 0.2) is 5.15 Å². The molecule has 0 unspecified atom stereocenters. The van der Waals surface area contributed by atoms with Crippen molar-refractivity contribution < 1.29 is 19.2 Å². The number of urea groups is 1. The Kier molecular flexibility index (Phi) is 6.40. The van der Waals surface area contributed by atoms with Gasteiger partial charge in [-0.1, -0.05) is 35.3 Å². The molecule has 1 heterocycles. The lowest BCUT2D eigenvalue weighted by Gasteiger charge is -2.10. The number of hydrogen-bond donors (Lipinski definition) is 2. The lowest BCUT2D eigenvalue weighted by atomic mass is 10.1. The monoisotopic (exact) mass is 447 g/mol. The standard InChI is InChI=1S/C18H11Cl2N5O5/c19-12-9-10(5-6-14(12)30-16-8-7-15(20)23-24-16)21-18(27)22-17(26)11-3-1-2-4-13(11)25(28)29/h1-9H,(H2,21,22,26,27). The fraction of sp³-hybridized carbons (Fsp3) is 0. The molecule has 0 bridgehead atoms. The molecule has 12 heteroatoms. The summed E-state index contributed by atoms with van der Waals surface area (Å²) in [5.74, 6) is -0.516. The molecule has 10 nitrogen and oxygen atoms in total. The molecule has 2 aromatic carbocycles. The molecular weight excluding hydrogens is 437 g/mol. The Morgan fingerprint density at radius 2 is 1.80 bits per heavy atom. The van der Waals surface area contributed by atoms with E-state index in [1.54, 1.807) is 0 Å². The minimum Gasteiger partial charge on any atom is -0.436 e. The van der Waals surface area contributed by atoms with Gasteiger partial charge in [-0.2, -0.15) is 0 Å². The number of imide groups is 1. The molecule has 0 saturated heterocycles. The van der Waals surface area contributed by atoms with Crippen LogP contribution in [0.5, 0.6) is 11.6 Å². The number of nitrogens with zero attached hydrogens (tertiary/aromatic N) is 3. The largest absolute Gasteiger partial charge is 0.436 e. The maximum absolute atomic E-state index is 12.2. The van der Waals surface area contributed by atoms with E-state index in [2.05, 4.69) is 15.5 Å². The zero-order valence-corrected chi connectivity index (χ0v) is 16.3. The molecule has 0 spiro atoms. The van der Waals surface area contributed by atoms with Crippen molar-refractivity contribution in [1.82, 2.24) is 15.5 Å². The third kappa shape index (κ3) is 5.19. The minimum absolute atomic E-state index is 0.148. The van der Waals surface area contributed by atoms with Crippen LogP contribution in [0.15, 0.2) is 54.6 Å². The van der Waals surface area contributed by atoms with Gasteiger partial charge in [0.25, 0.3) is 11.6 Å². The van der Waals surface area contributed by atoms with E-state index in [9.17, 15) is 19.7 Å². The first-order valence-electron chi connectivity index (χ1n) is 8.16. The molecule has 0 aliphatic carbocycles. The van der Waals surface area contributed by atoms with Gasteiger partial charge in [0.05, 0.1) is 9.95 Å². The lowest BCUT2D eigenvalue weighted by Crippen LogP contribution is -2.34. The van der Waals surface area contributed by atoms with Crippen molar-refractivity contribution in [2.75, 3.05) is 5.32 Å². The summed E-state index contributed by atoms with van der Waals surface area (Å²) in [6.45, 7) is 0. The first kappa shape index (κ1) is 21.0. The normalized spacial score (nSPS) is 10.2. The second kappa shape index (κ2) is 9.16. The Labute approximate surface area is 178 Å². The Morgan fingerprint density at radius 3 is 2.47 bits per heavy atom. The highest BCUT2D eigenvalue weighted by molar-refractivity contribution is 6.32. The number of amides is 3. The van der Waals surface area contributed by atoms with Gasteiger partial charge in [0, 0.05) is 17.8 Å².